The molecule has 1 N–H and O–H groups in total. The molecule has 2 aliphatic heterocycles. The van der Waals surface area contributed by atoms with Gasteiger partial charge in [0.2, 0.25) is 5.78 Å². The van der Waals surface area contributed by atoms with Crippen LogP contribution < -0.4 is 19.5 Å². The molecular formula is C27H31N3O4. The molecule has 0 radical (unpaired) electrons. The van der Waals surface area contributed by atoms with Gasteiger partial charge in [0, 0.05) is 47.9 Å². The average Bonchev–Trinajstić information content (AvgIpc) is 3.38. The second-order valence-electron chi connectivity index (χ2n) is 8.97. The van der Waals surface area contributed by atoms with E-state index in [1.807, 2.05) is 24.4 Å². The Bertz CT molecular complexity index is 1270. The SMILES string of the molecule is CCN1CC[NH+](Cc2c([O-])ccc3c2O/C(=C\c2cn(CC)c4ccc(OC)cc24)C3=O)CC1. The van der Waals surface area contributed by atoms with Gasteiger partial charge in [-0.05, 0) is 43.8 Å². The summed E-state index contributed by atoms with van der Waals surface area (Å²) in [6.45, 7) is 10.7. The van der Waals surface area contributed by atoms with Crippen LogP contribution in [-0.2, 0) is 13.1 Å². The number of aryl methyl sites for hydroxylation is 1. The summed E-state index contributed by atoms with van der Waals surface area (Å²) in [5.74, 6) is 1.21. The van der Waals surface area contributed by atoms with Crippen molar-refractivity contribution in [2.24, 2.45) is 0 Å². The number of likely N-dealkylation sites (N-methyl/N-ethyl adjacent to an activating group) is 1. The number of carbonyl (C=O) groups excluding carboxylic acids is 1. The van der Waals surface area contributed by atoms with Crippen molar-refractivity contribution in [1.82, 2.24) is 9.47 Å². The molecule has 3 heterocycles. The normalized spacial score (nSPS) is 18.0. The van der Waals surface area contributed by atoms with Gasteiger partial charge in [0.15, 0.2) is 5.76 Å². The lowest BCUT2D eigenvalue weighted by atomic mass is 10.0. The van der Waals surface area contributed by atoms with E-state index in [0.29, 0.717) is 23.4 Å². The molecule has 0 atom stereocenters. The lowest BCUT2D eigenvalue weighted by Crippen LogP contribution is -3.13. The van der Waals surface area contributed by atoms with Gasteiger partial charge in [0.1, 0.15) is 18.0 Å². The molecule has 178 valence electrons. The Hall–Kier alpha value is -3.29. The van der Waals surface area contributed by atoms with Gasteiger partial charge in [0.25, 0.3) is 0 Å². The first kappa shape index (κ1) is 22.5. The molecule has 3 aromatic rings. The highest BCUT2D eigenvalue weighted by atomic mass is 16.5. The number of allylic oxidation sites excluding steroid dienone is 1. The van der Waals surface area contributed by atoms with Crippen molar-refractivity contribution in [3.8, 4) is 17.2 Å². The zero-order chi connectivity index (χ0) is 23.8. The quantitative estimate of drug-likeness (QED) is 0.569. The molecule has 0 spiro atoms. The number of methoxy groups -OCH3 is 1. The summed E-state index contributed by atoms with van der Waals surface area (Å²) in [7, 11) is 1.64. The van der Waals surface area contributed by atoms with Crippen LogP contribution in [0.15, 0.2) is 42.3 Å². The number of carbonyl (C=O) groups is 1. The number of hydrogen-bond donors (Lipinski definition) is 1. The smallest absolute Gasteiger partial charge is 0.231 e. The number of rotatable bonds is 6. The fraction of sp³-hybridized carbons (Fsp3) is 0.370. The minimum absolute atomic E-state index is 0.0643. The number of benzene rings is 2. The maximum atomic E-state index is 13.2. The van der Waals surface area contributed by atoms with Gasteiger partial charge < -0.3 is 24.0 Å². The molecule has 0 saturated carbocycles. The average molecular weight is 462 g/mol. The predicted octanol–water partition coefficient (Wildman–Crippen LogP) is 2.08. The molecule has 7 nitrogen and oxygen atoms in total. The highest BCUT2D eigenvalue weighted by Crippen LogP contribution is 2.39. The number of ether oxygens (including phenoxy) is 2. The Kier molecular flexibility index (Phi) is 6.06. The molecule has 5 rings (SSSR count). The van der Waals surface area contributed by atoms with E-state index in [2.05, 4.69) is 23.3 Å². The molecular weight excluding hydrogens is 430 g/mol. The third-order valence-electron chi connectivity index (χ3n) is 7.08. The number of nitrogens with one attached hydrogen (secondary N) is 1. The van der Waals surface area contributed by atoms with E-state index in [1.54, 1.807) is 19.3 Å². The summed E-state index contributed by atoms with van der Waals surface area (Å²) < 4.78 is 13.7. The lowest BCUT2D eigenvalue weighted by Gasteiger charge is -2.32. The van der Waals surface area contributed by atoms with Gasteiger partial charge in [-0.15, -0.1) is 0 Å². The van der Waals surface area contributed by atoms with Crippen LogP contribution in [0.4, 0.5) is 0 Å². The van der Waals surface area contributed by atoms with Crippen molar-refractivity contribution >= 4 is 22.8 Å². The number of quaternary nitrogens is 1. The molecule has 0 aliphatic carbocycles. The minimum Gasteiger partial charge on any atom is -0.872 e. The predicted molar refractivity (Wildman–Crippen MR) is 130 cm³/mol. The summed E-state index contributed by atoms with van der Waals surface area (Å²) in [5, 5.41) is 13.8. The molecule has 1 aromatic heterocycles. The van der Waals surface area contributed by atoms with Crippen LogP contribution in [0.25, 0.3) is 17.0 Å². The number of hydrogen-bond acceptors (Lipinski definition) is 5. The molecule has 2 aromatic carbocycles. The van der Waals surface area contributed by atoms with Gasteiger partial charge in [-0.1, -0.05) is 18.7 Å². The molecule has 1 saturated heterocycles. The molecule has 0 unspecified atom stereocenters. The van der Waals surface area contributed by atoms with Gasteiger partial charge in [-0.3, -0.25) is 9.69 Å². The van der Waals surface area contributed by atoms with E-state index in [9.17, 15) is 9.90 Å². The molecule has 7 heteroatoms. The van der Waals surface area contributed by atoms with Crippen molar-refractivity contribution in [1.29, 1.82) is 0 Å². The van der Waals surface area contributed by atoms with E-state index in [1.165, 1.54) is 11.0 Å². The number of Topliss-reactive ketones (excluding diaryl/α,β-unsaturated/α-hetero) is 1. The monoisotopic (exact) mass is 461 g/mol. The number of piperazine rings is 1. The highest BCUT2D eigenvalue weighted by Gasteiger charge is 2.32. The molecule has 0 bridgehead atoms. The summed E-state index contributed by atoms with van der Waals surface area (Å²) in [6.07, 6.45) is 3.81. The first-order valence-electron chi connectivity index (χ1n) is 12.0. The number of nitrogens with zero attached hydrogens (tertiary/aromatic N) is 2. The van der Waals surface area contributed by atoms with Crippen LogP contribution in [0.2, 0.25) is 0 Å². The van der Waals surface area contributed by atoms with E-state index in [4.69, 9.17) is 9.47 Å². The minimum atomic E-state index is -0.178. The molecule has 34 heavy (non-hydrogen) atoms. The van der Waals surface area contributed by atoms with Crippen molar-refractivity contribution in [3.63, 3.8) is 0 Å². The van der Waals surface area contributed by atoms with Crippen LogP contribution in [-0.4, -0.2) is 55.1 Å². The van der Waals surface area contributed by atoms with E-state index < -0.39 is 0 Å². The van der Waals surface area contributed by atoms with Gasteiger partial charge >= 0.3 is 0 Å². The second-order valence-corrected chi connectivity index (χ2v) is 8.97. The topological polar surface area (TPSA) is 71.2 Å². The second kappa shape index (κ2) is 9.16. The van der Waals surface area contributed by atoms with Crippen LogP contribution >= 0.6 is 0 Å². The van der Waals surface area contributed by atoms with Crippen molar-refractivity contribution < 1.29 is 24.3 Å². The first-order valence-corrected chi connectivity index (χ1v) is 12.0. The third-order valence-corrected chi connectivity index (χ3v) is 7.08. The molecule has 2 aliphatic rings. The van der Waals surface area contributed by atoms with E-state index in [-0.39, 0.29) is 17.3 Å². The summed E-state index contributed by atoms with van der Waals surface area (Å²) in [4.78, 5) is 17.0. The number of fused-ring (bicyclic) bond motifs is 2. The standard InChI is InChI=1S/C27H31N3O4/c1-4-28-10-12-29(13-11-28)17-22-24(31)9-7-20-26(32)25(34-27(20)22)14-18-16-30(5-2)23-8-6-19(33-3)15-21(18)23/h6-9,14-16,31H,4-5,10-13,17H2,1-3H3/b25-14-. The number of ketones is 1. The summed E-state index contributed by atoms with van der Waals surface area (Å²) >= 11 is 0. The number of aromatic nitrogens is 1. The van der Waals surface area contributed by atoms with Crippen molar-refractivity contribution in [3.05, 3.63) is 59.0 Å². The van der Waals surface area contributed by atoms with E-state index in [0.717, 1.165) is 61.5 Å². The third kappa shape index (κ3) is 3.95. The van der Waals surface area contributed by atoms with Gasteiger partial charge in [-0.25, -0.2) is 0 Å². The highest BCUT2D eigenvalue weighted by molar-refractivity contribution is 6.15. The van der Waals surface area contributed by atoms with Gasteiger partial charge in [0.05, 0.1) is 25.8 Å². The zero-order valence-corrected chi connectivity index (χ0v) is 20.0. The van der Waals surface area contributed by atoms with Crippen LogP contribution in [0, 0.1) is 0 Å². The largest absolute Gasteiger partial charge is 0.872 e. The van der Waals surface area contributed by atoms with Crippen LogP contribution in [0.3, 0.4) is 0 Å². The first-order chi connectivity index (χ1) is 16.5. The molecule has 0 amide bonds. The Morgan fingerprint density at radius 2 is 1.94 bits per heavy atom. The Morgan fingerprint density at radius 1 is 1.15 bits per heavy atom. The molecule has 1 fully saturated rings. The Morgan fingerprint density at radius 3 is 2.65 bits per heavy atom. The fourth-order valence-electron chi connectivity index (χ4n) is 5.02. The summed E-state index contributed by atoms with van der Waals surface area (Å²) in [5.41, 5.74) is 3.03. The zero-order valence-electron chi connectivity index (χ0n) is 20.0. The Balaban J connectivity index is 1.47. The lowest BCUT2D eigenvalue weighted by molar-refractivity contribution is -0.918. The Labute approximate surface area is 199 Å². The van der Waals surface area contributed by atoms with Crippen molar-refractivity contribution in [2.75, 3.05) is 39.8 Å². The van der Waals surface area contributed by atoms with Crippen LogP contribution in [0.5, 0.6) is 17.2 Å². The van der Waals surface area contributed by atoms with E-state index >= 15 is 0 Å². The maximum absolute atomic E-state index is 13.2. The summed E-state index contributed by atoms with van der Waals surface area (Å²) in [6, 6.07) is 9.04. The van der Waals surface area contributed by atoms with Gasteiger partial charge in [-0.2, -0.15) is 0 Å². The fourth-order valence-corrected chi connectivity index (χ4v) is 5.02. The van der Waals surface area contributed by atoms with Crippen molar-refractivity contribution in [2.45, 2.75) is 26.9 Å². The van der Waals surface area contributed by atoms with Crippen LogP contribution in [0.1, 0.15) is 35.3 Å². The maximum Gasteiger partial charge on any atom is 0.231 e.